The van der Waals surface area contributed by atoms with E-state index in [9.17, 15) is 14.4 Å². The minimum absolute atomic E-state index is 0.0197. The van der Waals surface area contributed by atoms with E-state index in [4.69, 9.17) is 74.3 Å². The Balaban J connectivity index is 2.02. The van der Waals surface area contributed by atoms with Crippen molar-refractivity contribution in [3.05, 3.63) is 61.0 Å². The number of hydrogen-bond donors (Lipinski definition) is 0. The van der Waals surface area contributed by atoms with Gasteiger partial charge in [0.2, 0.25) is 0 Å². The van der Waals surface area contributed by atoms with Gasteiger partial charge in [-0.3, -0.25) is 9.59 Å². The van der Waals surface area contributed by atoms with Gasteiger partial charge in [-0.2, -0.15) is 0 Å². The van der Waals surface area contributed by atoms with E-state index < -0.39 is 23.9 Å². The first kappa shape index (κ1) is 22.5. The molecule has 2 aromatic rings. The quantitative estimate of drug-likeness (QED) is 0.159. The molecule has 0 N–H and O–H groups in total. The minimum atomic E-state index is -0.750. The van der Waals surface area contributed by atoms with E-state index in [0.29, 0.717) is 0 Å². The van der Waals surface area contributed by atoms with Crippen molar-refractivity contribution in [1.29, 1.82) is 0 Å². The maximum absolute atomic E-state index is 12.9. The molecule has 0 saturated heterocycles. The standard InChI is InChI=1S/C18H9Cl6NO4/c19-5-9(6-20)29-18(28)7-2-1-3-8(4-7)25-16(26)10-11(17(25)27)13(22)15(24)14(23)12(10)21/h1-4,9H,5-6H2. The van der Waals surface area contributed by atoms with Crippen molar-refractivity contribution >= 4 is 93.1 Å². The number of ether oxygens (including phenoxy) is 1. The third kappa shape index (κ3) is 3.92. The van der Waals surface area contributed by atoms with Gasteiger partial charge in [0.1, 0.15) is 6.10 Å². The number of carbonyl (C=O) groups excluding carboxylic acids is 3. The second-order valence-electron chi connectivity index (χ2n) is 5.84. The molecule has 0 atom stereocenters. The average molecular weight is 516 g/mol. The van der Waals surface area contributed by atoms with Crippen LogP contribution in [-0.4, -0.2) is 35.6 Å². The van der Waals surface area contributed by atoms with Gasteiger partial charge >= 0.3 is 5.97 Å². The van der Waals surface area contributed by atoms with Gasteiger partial charge in [-0.05, 0) is 18.2 Å². The molecule has 2 amide bonds. The fourth-order valence-electron chi connectivity index (χ4n) is 2.68. The Bertz CT molecular complexity index is 990. The van der Waals surface area contributed by atoms with Crippen LogP contribution < -0.4 is 4.90 Å². The fourth-order valence-corrected chi connectivity index (χ4v) is 4.15. The van der Waals surface area contributed by atoms with Crippen molar-refractivity contribution < 1.29 is 19.1 Å². The Morgan fingerprint density at radius 2 is 1.41 bits per heavy atom. The summed E-state index contributed by atoms with van der Waals surface area (Å²) < 4.78 is 5.17. The number of fused-ring (bicyclic) bond motifs is 1. The van der Waals surface area contributed by atoms with Crippen LogP contribution in [0.2, 0.25) is 20.1 Å². The van der Waals surface area contributed by atoms with Crippen LogP contribution in [-0.2, 0) is 4.74 Å². The largest absolute Gasteiger partial charge is 0.456 e. The summed E-state index contributed by atoms with van der Waals surface area (Å²) >= 11 is 35.6. The lowest BCUT2D eigenvalue weighted by Crippen LogP contribution is -2.29. The first-order valence-corrected chi connectivity index (χ1v) is 10.5. The number of anilines is 1. The van der Waals surface area contributed by atoms with Crippen LogP contribution >= 0.6 is 69.6 Å². The maximum atomic E-state index is 12.9. The van der Waals surface area contributed by atoms with Gasteiger partial charge in [0.15, 0.2) is 0 Å². The predicted molar refractivity (Wildman–Crippen MR) is 115 cm³/mol. The van der Waals surface area contributed by atoms with E-state index in [-0.39, 0.29) is 54.2 Å². The van der Waals surface area contributed by atoms with E-state index in [1.165, 1.54) is 24.3 Å². The van der Waals surface area contributed by atoms with Gasteiger partial charge < -0.3 is 4.74 Å². The van der Waals surface area contributed by atoms with E-state index >= 15 is 0 Å². The SMILES string of the molecule is O=C(OC(CCl)CCl)c1cccc(N2C(=O)c3c(Cl)c(Cl)c(Cl)c(Cl)c3C2=O)c1. The molecule has 0 bridgehead atoms. The summed E-state index contributed by atoms with van der Waals surface area (Å²) in [5, 5.41) is -0.629. The Labute approximate surface area is 195 Å². The number of amides is 2. The predicted octanol–water partition coefficient (Wildman–Crippen LogP) is 6.10. The van der Waals surface area contributed by atoms with E-state index in [0.717, 1.165) is 4.90 Å². The molecule has 0 spiro atoms. The maximum Gasteiger partial charge on any atom is 0.338 e. The number of nitrogens with zero attached hydrogens (tertiary/aromatic N) is 1. The molecule has 152 valence electrons. The van der Waals surface area contributed by atoms with Crippen LogP contribution in [0.4, 0.5) is 5.69 Å². The van der Waals surface area contributed by atoms with Gasteiger partial charge in [0, 0.05) is 0 Å². The second-order valence-corrected chi connectivity index (χ2v) is 7.97. The lowest BCUT2D eigenvalue weighted by Gasteiger charge is -2.16. The molecule has 1 aliphatic heterocycles. The number of imide groups is 1. The molecule has 29 heavy (non-hydrogen) atoms. The monoisotopic (exact) mass is 513 g/mol. The molecule has 0 aromatic heterocycles. The zero-order valence-electron chi connectivity index (χ0n) is 14.1. The fraction of sp³-hybridized carbons (Fsp3) is 0.167. The molecule has 0 aliphatic carbocycles. The Morgan fingerprint density at radius 3 is 1.90 bits per heavy atom. The highest BCUT2D eigenvalue weighted by molar-refractivity contribution is 6.56. The summed E-state index contributed by atoms with van der Waals surface area (Å²) in [5.41, 5.74) is -0.118. The summed E-state index contributed by atoms with van der Waals surface area (Å²) in [6.45, 7) is 0. The van der Waals surface area contributed by atoms with Gasteiger partial charge in [-0.15, -0.1) is 23.2 Å². The number of halogens is 6. The highest BCUT2D eigenvalue weighted by atomic mass is 35.5. The van der Waals surface area contributed by atoms with E-state index in [1.807, 2.05) is 0 Å². The summed E-state index contributed by atoms with van der Waals surface area (Å²) in [6.07, 6.45) is -0.685. The van der Waals surface area contributed by atoms with Gasteiger partial charge in [-0.25, -0.2) is 9.69 Å². The number of benzene rings is 2. The molecule has 11 heteroatoms. The summed E-state index contributed by atoms with van der Waals surface area (Å²) in [6, 6.07) is 5.71. The van der Waals surface area contributed by atoms with Crippen molar-refractivity contribution in [2.75, 3.05) is 16.7 Å². The highest BCUT2D eigenvalue weighted by Crippen LogP contribution is 2.45. The van der Waals surface area contributed by atoms with Crippen molar-refractivity contribution in [3.63, 3.8) is 0 Å². The van der Waals surface area contributed by atoms with E-state index in [1.54, 1.807) is 0 Å². The van der Waals surface area contributed by atoms with Crippen LogP contribution in [0.15, 0.2) is 24.3 Å². The Kier molecular flexibility index (Phi) is 6.88. The summed E-state index contributed by atoms with van der Waals surface area (Å²) in [4.78, 5) is 38.9. The first-order valence-electron chi connectivity index (χ1n) is 7.90. The lowest BCUT2D eigenvalue weighted by atomic mass is 10.1. The molecule has 1 aliphatic rings. The normalized spacial score (nSPS) is 13.3. The minimum Gasteiger partial charge on any atom is -0.456 e. The highest BCUT2D eigenvalue weighted by Gasteiger charge is 2.42. The molecule has 0 radical (unpaired) electrons. The average Bonchev–Trinajstić information content (AvgIpc) is 2.99. The smallest absolute Gasteiger partial charge is 0.338 e. The van der Waals surface area contributed by atoms with Crippen LogP contribution in [0.25, 0.3) is 0 Å². The van der Waals surface area contributed by atoms with Crippen molar-refractivity contribution in [2.45, 2.75) is 6.10 Å². The number of carbonyl (C=O) groups is 3. The second kappa shape index (κ2) is 8.88. The summed E-state index contributed by atoms with van der Waals surface area (Å²) in [7, 11) is 0. The van der Waals surface area contributed by atoms with Gasteiger partial charge in [0.25, 0.3) is 11.8 Å². The van der Waals surface area contributed by atoms with Crippen LogP contribution in [0, 0.1) is 0 Å². The van der Waals surface area contributed by atoms with E-state index in [2.05, 4.69) is 0 Å². The molecule has 1 heterocycles. The third-order valence-electron chi connectivity index (χ3n) is 4.06. The van der Waals surface area contributed by atoms with Gasteiger partial charge in [0.05, 0.1) is 54.2 Å². The molecule has 0 fully saturated rings. The zero-order valence-corrected chi connectivity index (χ0v) is 18.7. The Morgan fingerprint density at radius 1 is 0.897 bits per heavy atom. The Hall–Kier alpha value is -1.21. The molecule has 0 unspecified atom stereocenters. The van der Waals surface area contributed by atoms with Gasteiger partial charge in [-0.1, -0.05) is 52.5 Å². The number of rotatable bonds is 5. The first-order chi connectivity index (χ1) is 13.7. The van der Waals surface area contributed by atoms with Crippen LogP contribution in [0.3, 0.4) is 0 Å². The molecule has 3 rings (SSSR count). The van der Waals surface area contributed by atoms with Crippen molar-refractivity contribution in [1.82, 2.24) is 0 Å². The summed E-state index contributed by atoms with van der Waals surface area (Å²) in [5.74, 6) is -2.17. The zero-order chi connectivity index (χ0) is 21.5. The molecule has 2 aromatic carbocycles. The third-order valence-corrected chi connectivity index (χ3v) is 6.55. The van der Waals surface area contributed by atoms with Crippen molar-refractivity contribution in [3.8, 4) is 0 Å². The van der Waals surface area contributed by atoms with Crippen LogP contribution in [0.5, 0.6) is 0 Å². The lowest BCUT2D eigenvalue weighted by molar-refractivity contribution is 0.0389. The number of alkyl halides is 2. The number of esters is 1. The molecular weight excluding hydrogens is 507 g/mol. The molecular formula is C18H9Cl6NO4. The molecule has 0 saturated carbocycles. The van der Waals surface area contributed by atoms with Crippen molar-refractivity contribution in [2.24, 2.45) is 0 Å². The molecule has 5 nitrogen and oxygen atoms in total. The number of hydrogen-bond acceptors (Lipinski definition) is 4. The topological polar surface area (TPSA) is 63.7 Å². The van der Waals surface area contributed by atoms with Crippen LogP contribution in [0.1, 0.15) is 31.1 Å².